The Balaban J connectivity index is 1.79. The standard InChI is InChI=1S/C16H14N2O4/c1-8-2-5-11(18(21)22)7-12(8)17-15(19)13-9-3-4-10(6-9)14(13)16(17)20/h2-5,7,9-10,13-14H,6H2,1H3. The number of hydrogen-bond acceptors (Lipinski definition) is 4. The maximum Gasteiger partial charge on any atom is 0.271 e. The van der Waals surface area contributed by atoms with E-state index in [0.717, 1.165) is 6.42 Å². The van der Waals surface area contributed by atoms with Gasteiger partial charge in [-0.3, -0.25) is 19.7 Å². The smallest absolute Gasteiger partial charge is 0.271 e. The molecule has 2 amide bonds. The molecule has 112 valence electrons. The van der Waals surface area contributed by atoms with Crippen LogP contribution in [0.15, 0.2) is 30.4 Å². The van der Waals surface area contributed by atoms with Crippen LogP contribution in [0.5, 0.6) is 0 Å². The lowest BCUT2D eigenvalue weighted by Crippen LogP contribution is -2.33. The number of hydrogen-bond donors (Lipinski definition) is 0. The zero-order valence-corrected chi connectivity index (χ0v) is 11.9. The second-order valence-corrected chi connectivity index (χ2v) is 6.24. The number of fused-ring (bicyclic) bond motifs is 5. The molecule has 2 fully saturated rings. The molecule has 4 unspecified atom stereocenters. The number of rotatable bonds is 2. The molecule has 22 heavy (non-hydrogen) atoms. The third-order valence-electron chi connectivity index (χ3n) is 5.11. The number of aryl methyl sites for hydroxylation is 1. The average Bonchev–Trinajstić information content (AvgIpc) is 3.14. The van der Waals surface area contributed by atoms with Gasteiger partial charge in [-0.2, -0.15) is 0 Å². The van der Waals surface area contributed by atoms with Crippen molar-refractivity contribution < 1.29 is 14.5 Å². The second-order valence-electron chi connectivity index (χ2n) is 6.24. The number of benzene rings is 1. The molecule has 1 aromatic rings. The molecule has 4 atom stereocenters. The van der Waals surface area contributed by atoms with Crippen LogP contribution in [0.2, 0.25) is 0 Å². The van der Waals surface area contributed by atoms with Crippen molar-refractivity contribution in [3.05, 3.63) is 46.0 Å². The fourth-order valence-corrected chi connectivity index (χ4v) is 4.09. The minimum absolute atomic E-state index is 0.112. The van der Waals surface area contributed by atoms with Crippen molar-refractivity contribution in [3.8, 4) is 0 Å². The van der Waals surface area contributed by atoms with Crippen LogP contribution in [0.25, 0.3) is 0 Å². The molecule has 1 heterocycles. The third-order valence-corrected chi connectivity index (χ3v) is 5.11. The zero-order valence-electron chi connectivity index (χ0n) is 11.9. The molecule has 0 N–H and O–H groups in total. The highest BCUT2D eigenvalue weighted by molar-refractivity contribution is 6.23. The fraction of sp³-hybridized carbons (Fsp3) is 0.375. The number of nitrogens with zero attached hydrogens (tertiary/aromatic N) is 2. The Kier molecular flexibility index (Phi) is 2.55. The molecule has 0 spiro atoms. The maximum absolute atomic E-state index is 12.7. The molecule has 1 saturated heterocycles. The molecule has 4 rings (SSSR count). The van der Waals surface area contributed by atoms with Gasteiger partial charge in [0.1, 0.15) is 0 Å². The highest BCUT2D eigenvalue weighted by Gasteiger charge is 2.59. The summed E-state index contributed by atoms with van der Waals surface area (Å²) < 4.78 is 0. The van der Waals surface area contributed by atoms with E-state index in [4.69, 9.17) is 0 Å². The van der Waals surface area contributed by atoms with E-state index in [1.165, 1.54) is 17.0 Å². The first-order chi connectivity index (χ1) is 10.5. The van der Waals surface area contributed by atoms with E-state index in [0.29, 0.717) is 11.3 Å². The first-order valence-electron chi connectivity index (χ1n) is 7.30. The molecule has 2 aliphatic carbocycles. The molecule has 1 aromatic carbocycles. The van der Waals surface area contributed by atoms with Crippen LogP contribution in [0, 0.1) is 40.7 Å². The topological polar surface area (TPSA) is 80.5 Å². The van der Waals surface area contributed by atoms with E-state index in [-0.39, 0.29) is 41.2 Å². The molecule has 1 saturated carbocycles. The van der Waals surface area contributed by atoms with Crippen molar-refractivity contribution in [2.75, 3.05) is 4.90 Å². The van der Waals surface area contributed by atoms with Crippen LogP contribution < -0.4 is 4.90 Å². The number of amides is 2. The van der Waals surface area contributed by atoms with Gasteiger partial charge in [-0.15, -0.1) is 0 Å². The Morgan fingerprint density at radius 3 is 2.27 bits per heavy atom. The van der Waals surface area contributed by atoms with Crippen LogP contribution in [0.3, 0.4) is 0 Å². The van der Waals surface area contributed by atoms with Crippen molar-refractivity contribution in [1.29, 1.82) is 0 Å². The lowest BCUT2D eigenvalue weighted by atomic mass is 9.85. The number of allylic oxidation sites excluding steroid dienone is 2. The Labute approximate surface area is 126 Å². The van der Waals surface area contributed by atoms with E-state index in [2.05, 4.69) is 0 Å². The molecule has 6 nitrogen and oxygen atoms in total. The molecular formula is C16H14N2O4. The van der Waals surface area contributed by atoms with Crippen LogP contribution >= 0.6 is 0 Å². The van der Waals surface area contributed by atoms with Crippen LogP contribution in [0.1, 0.15) is 12.0 Å². The van der Waals surface area contributed by atoms with Gasteiger partial charge >= 0.3 is 0 Å². The largest absolute Gasteiger partial charge is 0.274 e. The number of nitro groups is 1. The normalized spacial score (nSPS) is 32.0. The molecule has 0 aromatic heterocycles. The SMILES string of the molecule is Cc1ccc([N+](=O)[O-])cc1N1C(=O)C2C3C=CC(C3)C2C1=O. The van der Waals surface area contributed by atoms with E-state index in [1.54, 1.807) is 13.0 Å². The van der Waals surface area contributed by atoms with E-state index < -0.39 is 4.92 Å². The summed E-state index contributed by atoms with van der Waals surface area (Å²) in [5, 5.41) is 11.0. The van der Waals surface area contributed by atoms with Crippen molar-refractivity contribution in [3.63, 3.8) is 0 Å². The average molecular weight is 298 g/mol. The minimum atomic E-state index is -0.514. The molecule has 2 bridgehead atoms. The summed E-state index contributed by atoms with van der Waals surface area (Å²) in [7, 11) is 0. The first-order valence-corrected chi connectivity index (χ1v) is 7.30. The Bertz CT molecular complexity index is 725. The Morgan fingerprint density at radius 1 is 1.14 bits per heavy atom. The van der Waals surface area contributed by atoms with E-state index >= 15 is 0 Å². The lowest BCUT2D eigenvalue weighted by Gasteiger charge is -2.19. The van der Waals surface area contributed by atoms with Gasteiger partial charge in [0.2, 0.25) is 11.8 Å². The van der Waals surface area contributed by atoms with Crippen molar-refractivity contribution in [1.82, 2.24) is 0 Å². The zero-order chi connectivity index (χ0) is 15.6. The quantitative estimate of drug-likeness (QED) is 0.363. The molecular weight excluding hydrogens is 284 g/mol. The summed E-state index contributed by atoms with van der Waals surface area (Å²) in [5.74, 6) is -0.737. The number of carbonyl (C=O) groups is 2. The fourth-order valence-electron chi connectivity index (χ4n) is 4.09. The highest BCUT2D eigenvalue weighted by atomic mass is 16.6. The van der Waals surface area contributed by atoms with Crippen LogP contribution in [0.4, 0.5) is 11.4 Å². The van der Waals surface area contributed by atoms with Gasteiger partial charge in [0, 0.05) is 12.1 Å². The molecule has 3 aliphatic rings. The van der Waals surface area contributed by atoms with Crippen molar-refractivity contribution in [2.24, 2.45) is 23.7 Å². The summed E-state index contributed by atoms with van der Waals surface area (Å²) in [6.45, 7) is 1.75. The van der Waals surface area contributed by atoms with Crippen LogP contribution in [-0.2, 0) is 9.59 Å². The Morgan fingerprint density at radius 2 is 1.73 bits per heavy atom. The maximum atomic E-state index is 12.7. The summed E-state index contributed by atoms with van der Waals surface area (Å²) in [4.78, 5) is 37.1. The molecule has 0 radical (unpaired) electrons. The van der Waals surface area contributed by atoms with Gasteiger partial charge in [-0.05, 0) is 30.7 Å². The highest BCUT2D eigenvalue weighted by Crippen LogP contribution is 2.53. The van der Waals surface area contributed by atoms with Gasteiger partial charge in [0.25, 0.3) is 5.69 Å². The van der Waals surface area contributed by atoms with Crippen molar-refractivity contribution >= 4 is 23.2 Å². The number of imide groups is 1. The lowest BCUT2D eigenvalue weighted by molar-refractivity contribution is -0.384. The minimum Gasteiger partial charge on any atom is -0.274 e. The Hall–Kier alpha value is -2.50. The molecule has 1 aliphatic heterocycles. The van der Waals surface area contributed by atoms with E-state index in [1.807, 2.05) is 12.2 Å². The van der Waals surface area contributed by atoms with Gasteiger partial charge < -0.3 is 0 Å². The molecule has 6 heteroatoms. The number of nitro benzene ring substituents is 1. The van der Waals surface area contributed by atoms with E-state index in [9.17, 15) is 19.7 Å². The number of non-ortho nitro benzene ring substituents is 1. The predicted octanol–water partition coefficient (Wildman–Crippen LogP) is 2.21. The van der Waals surface area contributed by atoms with Gasteiger partial charge in [0.15, 0.2) is 0 Å². The third kappa shape index (κ3) is 1.55. The van der Waals surface area contributed by atoms with Gasteiger partial charge in [0.05, 0.1) is 22.4 Å². The summed E-state index contributed by atoms with van der Waals surface area (Å²) in [6, 6.07) is 4.28. The van der Waals surface area contributed by atoms with Crippen LogP contribution in [-0.4, -0.2) is 16.7 Å². The van der Waals surface area contributed by atoms with Gasteiger partial charge in [-0.1, -0.05) is 18.2 Å². The number of carbonyl (C=O) groups excluding carboxylic acids is 2. The summed E-state index contributed by atoms with van der Waals surface area (Å²) in [5.41, 5.74) is 0.921. The summed E-state index contributed by atoms with van der Waals surface area (Å²) >= 11 is 0. The summed E-state index contributed by atoms with van der Waals surface area (Å²) in [6.07, 6.45) is 4.93. The first kappa shape index (κ1) is 13.2. The van der Waals surface area contributed by atoms with Gasteiger partial charge in [-0.25, -0.2) is 4.90 Å². The monoisotopic (exact) mass is 298 g/mol. The van der Waals surface area contributed by atoms with Crippen molar-refractivity contribution in [2.45, 2.75) is 13.3 Å². The second kappa shape index (κ2) is 4.25. The predicted molar refractivity (Wildman–Crippen MR) is 78.0 cm³/mol. The number of anilines is 1.